The summed E-state index contributed by atoms with van der Waals surface area (Å²) in [6, 6.07) is 13.0. The predicted molar refractivity (Wildman–Crippen MR) is 119 cm³/mol. The summed E-state index contributed by atoms with van der Waals surface area (Å²) >= 11 is 3.40. The first-order valence-electron chi connectivity index (χ1n) is 9.74. The molecule has 1 amide bonds. The van der Waals surface area contributed by atoms with Gasteiger partial charge < -0.3 is 19.9 Å². The zero-order valence-corrected chi connectivity index (χ0v) is 18.4. The van der Waals surface area contributed by atoms with E-state index in [1.54, 1.807) is 12.1 Å². The Balaban J connectivity index is 1.80. The van der Waals surface area contributed by atoms with Gasteiger partial charge in [-0.15, -0.1) is 0 Å². The summed E-state index contributed by atoms with van der Waals surface area (Å²) in [7, 11) is 1.35. The van der Waals surface area contributed by atoms with E-state index in [1.165, 1.54) is 7.11 Å². The van der Waals surface area contributed by atoms with Crippen LogP contribution in [0.3, 0.4) is 0 Å². The van der Waals surface area contributed by atoms with Gasteiger partial charge in [0, 0.05) is 30.7 Å². The third-order valence-electron chi connectivity index (χ3n) is 5.13. The number of likely N-dealkylation sites (N-methyl/N-ethyl adjacent to an activating group) is 1. The van der Waals surface area contributed by atoms with Gasteiger partial charge in [-0.05, 0) is 42.4 Å². The first-order chi connectivity index (χ1) is 14.0. The molecule has 7 heteroatoms. The highest BCUT2D eigenvalue weighted by atomic mass is 79.9. The molecule has 0 bridgehead atoms. The van der Waals surface area contributed by atoms with Gasteiger partial charge in [-0.1, -0.05) is 35.0 Å². The lowest BCUT2D eigenvalue weighted by Crippen LogP contribution is -2.46. The highest BCUT2D eigenvalue weighted by molar-refractivity contribution is 9.10. The van der Waals surface area contributed by atoms with Crippen LogP contribution in [0.2, 0.25) is 0 Å². The molecule has 1 aliphatic heterocycles. The van der Waals surface area contributed by atoms with Gasteiger partial charge in [0.1, 0.15) is 0 Å². The van der Waals surface area contributed by atoms with Crippen LogP contribution in [0.5, 0.6) is 0 Å². The van der Waals surface area contributed by atoms with E-state index in [4.69, 9.17) is 4.74 Å². The number of carbonyl (C=O) groups is 2. The normalized spacial score (nSPS) is 14.5. The fourth-order valence-corrected chi connectivity index (χ4v) is 3.71. The number of carbonyl (C=O) groups excluding carboxylic acids is 2. The molecule has 2 aromatic rings. The Labute approximate surface area is 180 Å². The summed E-state index contributed by atoms with van der Waals surface area (Å²) in [6.07, 6.45) is 0.263. The largest absolute Gasteiger partial charge is 0.465 e. The van der Waals surface area contributed by atoms with Crippen molar-refractivity contribution in [2.24, 2.45) is 0 Å². The van der Waals surface area contributed by atoms with Crippen molar-refractivity contribution in [2.75, 3.05) is 50.1 Å². The molecule has 0 aromatic heterocycles. The third kappa shape index (κ3) is 5.58. The number of methoxy groups -OCH3 is 1. The van der Waals surface area contributed by atoms with Crippen LogP contribution < -0.4 is 10.2 Å². The van der Waals surface area contributed by atoms with Crippen LogP contribution in [0.15, 0.2) is 46.9 Å². The minimum atomic E-state index is -0.421. The van der Waals surface area contributed by atoms with Crippen LogP contribution in [0.25, 0.3) is 0 Å². The first kappa shape index (κ1) is 21.3. The van der Waals surface area contributed by atoms with Crippen molar-refractivity contribution in [1.29, 1.82) is 0 Å². The van der Waals surface area contributed by atoms with Crippen molar-refractivity contribution in [3.8, 4) is 0 Å². The Hall–Kier alpha value is -2.38. The molecule has 0 radical (unpaired) electrons. The van der Waals surface area contributed by atoms with E-state index >= 15 is 0 Å². The Morgan fingerprint density at radius 2 is 1.76 bits per heavy atom. The van der Waals surface area contributed by atoms with Crippen LogP contribution >= 0.6 is 15.9 Å². The van der Waals surface area contributed by atoms with E-state index in [0.29, 0.717) is 11.3 Å². The second-order valence-corrected chi connectivity index (χ2v) is 7.91. The van der Waals surface area contributed by atoms with Gasteiger partial charge in [-0.2, -0.15) is 0 Å². The van der Waals surface area contributed by atoms with Gasteiger partial charge in [-0.3, -0.25) is 4.79 Å². The Bertz CT molecular complexity index is 862. The fraction of sp³-hybridized carbons (Fsp3) is 0.364. The number of rotatable bonds is 6. The first-order valence-corrected chi connectivity index (χ1v) is 10.5. The summed E-state index contributed by atoms with van der Waals surface area (Å²) in [4.78, 5) is 29.3. The molecule has 1 saturated heterocycles. The maximum absolute atomic E-state index is 12.7. The highest BCUT2D eigenvalue weighted by Gasteiger charge is 2.20. The van der Waals surface area contributed by atoms with E-state index in [2.05, 4.69) is 38.0 Å². The summed E-state index contributed by atoms with van der Waals surface area (Å²) in [5.74, 6) is -0.543. The highest BCUT2D eigenvalue weighted by Crippen LogP contribution is 2.29. The number of nitrogens with zero attached hydrogens (tertiary/aromatic N) is 2. The molecule has 1 fully saturated rings. The van der Waals surface area contributed by atoms with Gasteiger partial charge in [0.15, 0.2) is 0 Å². The molecule has 1 heterocycles. The lowest BCUT2D eigenvalue weighted by Gasteiger charge is -2.36. The smallest absolute Gasteiger partial charge is 0.337 e. The van der Waals surface area contributed by atoms with Gasteiger partial charge in [0.05, 0.1) is 30.5 Å². The van der Waals surface area contributed by atoms with E-state index in [9.17, 15) is 9.59 Å². The third-order valence-corrected chi connectivity index (χ3v) is 5.66. The summed E-state index contributed by atoms with van der Waals surface area (Å²) in [5.41, 5.74) is 2.91. The minimum absolute atomic E-state index is 0.122. The van der Waals surface area contributed by atoms with Crippen LogP contribution in [0.1, 0.15) is 22.8 Å². The zero-order chi connectivity index (χ0) is 20.8. The molecule has 1 aliphatic rings. The molecule has 0 atom stereocenters. The second-order valence-electron chi connectivity index (χ2n) is 7.00. The molecule has 29 heavy (non-hydrogen) atoms. The van der Waals surface area contributed by atoms with Crippen molar-refractivity contribution >= 4 is 39.2 Å². The molecule has 3 rings (SSSR count). The number of hydrogen-bond acceptors (Lipinski definition) is 5. The number of anilines is 2. The van der Waals surface area contributed by atoms with Gasteiger partial charge >= 0.3 is 5.97 Å². The number of halogens is 1. The Morgan fingerprint density at radius 3 is 2.38 bits per heavy atom. The quantitative estimate of drug-likeness (QED) is 0.669. The van der Waals surface area contributed by atoms with Crippen molar-refractivity contribution in [1.82, 2.24) is 4.90 Å². The van der Waals surface area contributed by atoms with Gasteiger partial charge in [0.2, 0.25) is 5.91 Å². The molecular weight excluding hydrogens is 434 g/mol. The lowest BCUT2D eigenvalue weighted by molar-refractivity contribution is -0.115. The average molecular weight is 460 g/mol. The topological polar surface area (TPSA) is 61.9 Å². The maximum atomic E-state index is 12.7. The van der Waals surface area contributed by atoms with Crippen LogP contribution in [0.4, 0.5) is 11.4 Å². The van der Waals surface area contributed by atoms with E-state index in [-0.39, 0.29) is 12.3 Å². The van der Waals surface area contributed by atoms with Gasteiger partial charge in [0.25, 0.3) is 0 Å². The molecule has 0 unspecified atom stereocenters. The number of nitrogens with one attached hydrogen (secondary N) is 1. The van der Waals surface area contributed by atoms with E-state index in [0.717, 1.165) is 48.4 Å². The molecule has 0 aliphatic carbocycles. The molecule has 154 valence electrons. The number of esters is 1. The van der Waals surface area contributed by atoms with Crippen molar-refractivity contribution in [3.63, 3.8) is 0 Å². The number of ether oxygens (including phenoxy) is 1. The minimum Gasteiger partial charge on any atom is -0.465 e. The van der Waals surface area contributed by atoms with E-state index < -0.39 is 5.97 Å². The predicted octanol–water partition coefficient (Wildman–Crippen LogP) is 3.56. The molecule has 1 N–H and O–H groups in total. The van der Waals surface area contributed by atoms with Crippen LogP contribution in [-0.2, 0) is 16.0 Å². The van der Waals surface area contributed by atoms with Crippen molar-refractivity contribution in [3.05, 3.63) is 58.1 Å². The molecule has 6 nitrogen and oxygen atoms in total. The second kappa shape index (κ2) is 9.89. The summed E-state index contributed by atoms with van der Waals surface area (Å²) in [5, 5.41) is 3.00. The number of hydrogen-bond donors (Lipinski definition) is 1. The molecule has 2 aromatic carbocycles. The van der Waals surface area contributed by atoms with Crippen LogP contribution in [-0.4, -0.2) is 56.6 Å². The monoisotopic (exact) mass is 459 g/mol. The maximum Gasteiger partial charge on any atom is 0.337 e. The summed E-state index contributed by atoms with van der Waals surface area (Å²) in [6.45, 7) is 6.89. The average Bonchev–Trinajstić information content (AvgIpc) is 2.75. The number of piperazine rings is 1. The van der Waals surface area contributed by atoms with Crippen molar-refractivity contribution < 1.29 is 14.3 Å². The summed E-state index contributed by atoms with van der Waals surface area (Å²) < 4.78 is 5.81. The van der Waals surface area contributed by atoms with E-state index in [1.807, 2.05) is 30.3 Å². The number of amides is 1. The zero-order valence-electron chi connectivity index (χ0n) is 16.8. The SMILES string of the molecule is CCN1CCN(c2ccc(C(=O)OC)cc2NC(=O)Cc2ccc(Br)cc2)CC1. The Morgan fingerprint density at radius 1 is 1.07 bits per heavy atom. The number of benzene rings is 2. The fourth-order valence-electron chi connectivity index (χ4n) is 3.44. The lowest BCUT2D eigenvalue weighted by atomic mass is 10.1. The Kier molecular flexibility index (Phi) is 7.28. The molecule has 0 saturated carbocycles. The molecule has 0 spiro atoms. The van der Waals surface area contributed by atoms with Crippen LogP contribution in [0, 0.1) is 0 Å². The van der Waals surface area contributed by atoms with Crippen molar-refractivity contribution in [2.45, 2.75) is 13.3 Å². The van der Waals surface area contributed by atoms with Gasteiger partial charge in [-0.25, -0.2) is 4.79 Å². The molecular formula is C22H26BrN3O3. The standard InChI is InChI=1S/C22H26BrN3O3/c1-3-25-10-12-26(13-11-25)20-9-6-17(22(28)29-2)15-19(20)24-21(27)14-16-4-7-18(23)8-5-16/h4-9,15H,3,10-14H2,1-2H3,(H,24,27).